The molecule has 1 atom stereocenters. The monoisotopic (exact) mass is 355 g/mol. The first kappa shape index (κ1) is 17.4. The molecule has 1 aromatic rings. The molecule has 1 aromatic carbocycles. The van der Waals surface area contributed by atoms with Crippen LogP contribution in [0.4, 0.5) is 0 Å². The largest absolute Gasteiger partial charge is 0.480 e. The molecule has 1 rings (SSSR count). The van der Waals surface area contributed by atoms with Crippen molar-refractivity contribution in [1.82, 2.24) is 5.32 Å². The summed E-state index contributed by atoms with van der Waals surface area (Å²) < 4.78 is 0. The molecule has 110 valence electrons. The lowest BCUT2D eigenvalue weighted by atomic mass is 10.1. The summed E-state index contributed by atoms with van der Waals surface area (Å²) in [7, 11) is 0. The molecule has 8 heteroatoms. The average molecular weight is 357 g/mol. The van der Waals surface area contributed by atoms with Crippen LogP contribution in [0.15, 0.2) is 12.1 Å². The smallest absolute Gasteiger partial charge is 0.326 e. The summed E-state index contributed by atoms with van der Waals surface area (Å²) in [6.07, 6.45) is 2.16. The molecule has 0 bridgehead atoms. The van der Waals surface area contributed by atoms with Crippen LogP contribution in [-0.2, 0) is 4.79 Å². The quantitative estimate of drug-likeness (QED) is 0.765. The van der Waals surface area contributed by atoms with Crippen LogP contribution in [0.3, 0.4) is 0 Å². The molecule has 0 spiro atoms. The molecule has 0 fully saturated rings. The number of aliphatic carboxylic acids is 1. The Morgan fingerprint density at radius 2 is 1.90 bits per heavy atom. The first-order chi connectivity index (χ1) is 9.38. The lowest BCUT2D eigenvalue weighted by Gasteiger charge is -2.15. The van der Waals surface area contributed by atoms with Crippen LogP contribution in [-0.4, -0.2) is 35.0 Å². The summed E-state index contributed by atoms with van der Waals surface area (Å²) in [5.74, 6) is -1.16. The minimum absolute atomic E-state index is 0.00525. The summed E-state index contributed by atoms with van der Waals surface area (Å²) in [4.78, 5) is 23.2. The molecule has 0 heterocycles. The van der Waals surface area contributed by atoms with Gasteiger partial charge in [-0.25, -0.2) is 4.79 Å². The fraction of sp³-hybridized carbons (Fsp3) is 0.333. The number of amides is 1. The van der Waals surface area contributed by atoms with Gasteiger partial charge in [0.1, 0.15) is 6.04 Å². The van der Waals surface area contributed by atoms with Crippen molar-refractivity contribution in [3.8, 4) is 0 Å². The minimum Gasteiger partial charge on any atom is -0.480 e. The number of carbonyl (C=O) groups excluding carboxylic acids is 1. The van der Waals surface area contributed by atoms with E-state index in [1.54, 1.807) is 0 Å². The van der Waals surface area contributed by atoms with Crippen LogP contribution in [0.5, 0.6) is 0 Å². The summed E-state index contributed by atoms with van der Waals surface area (Å²) in [6.45, 7) is 0. The van der Waals surface area contributed by atoms with Gasteiger partial charge in [0.2, 0.25) is 0 Å². The normalized spacial score (nSPS) is 12.0. The molecule has 0 aliphatic rings. The van der Waals surface area contributed by atoms with Crippen molar-refractivity contribution in [2.45, 2.75) is 12.5 Å². The van der Waals surface area contributed by atoms with Gasteiger partial charge >= 0.3 is 5.97 Å². The molecule has 0 saturated heterocycles. The topological polar surface area (TPSA) is 66.4 Å². The Labute approximate surface area is 135 Å². The first-order valence-corrected chi connectivity index (χ1v) is 8.07. The lowest BCUT2D eigenvalue weighted by Crippen LogP contribution is -2.41. The number of thioether (sulfide) groups is 1. The fourth-order valence-electron chi connectivity index (χ4n) is 1.46. The van der Waals surface area contributed by atoms with E-state index in [0.29, 0.717) is 12.2 Å². The second kappa shape index (κ2) is 7.98. The van der Waals surface area contributed by atoms with Crippen molar-refractivity contribution >= 4 is 58.4 Å². The molecule has 0 radical (unpaired) electrons. The van der Waals surface area contributed by atoms with E-state index in [1.165, 1.54) is 23.9 Å². The maximum absolute atomic E-state index is 12.1. The third-order valence-electron chi connectivity index (χ3n) is 2.49. The first-order valence-electron chi connectivity index (χ1n) is 5.54. The number of rotatable bonds is 6. The van der Waals surface area contributed by atoms with Crippen molar-refractivity contribution in [2.24, 2.45) is 0 Å². The Bertz CT molecular complexity index is 525. The lowest BCUT2D eigenvalue weighted by molar-refractivity contribution is -0.139. The zero-order chi connectivity index (χ0) is 15.3. The van der Waals surface area contributed by atoms with Gasteiger partial charge in [0.15, 0.2) is 0 Å². The van der Waals surface area contributed by atoms with Gasteiger partial charge in [-0.3, -0.25) is 4.79 Å². The Hall–Kier alpha value is -0.620. The number of carboxylic acid groups (broad SMARTS) is 1. The van der Waals surface area contributed by atoms with Crippen LogP contribution >= 0.6 is 46.6 Å². The van der Waals surface area contributed by atoms with E-state index in [2.05, 4.69) is 5.32 Å². The highest BCUT2D eigenvalue weighted by molar-refractivity contribution is 7.98. The number of carbonyl (C=O) groups is 2. The maximum atomic E-state index is 12.1. The van der Waals surface area contributed by atoms with Gasteiger partial charge in [-0.1, -0.05) is 34.8 Å². The zero-order valence-corrected chi connectivity index (χ0v) is 13.5. The van der Waals surface area contributed by atoms with Crippen molar-refractivity contribution < 1.29 is 14.7 Å². The third kappa shape index (κ3) is 4.45. The summed E-state index contributed by atoms with van der Waals surface area (Å²) in [5.41, 5.74) is -0.0174. The third-order valence-corrected chi connectivity index (χ3v) is 4.25. The summed E-state index contributed by atoms with van der Waals surface area (Å²) in [6, 6.07) is 1.90. The Kier molecular flexibility index (Phi) is 6.95. The van der Waals surface area contributed by atoms with Crippen molar-refractivity contribution in [2.75, 3.05) is 12.0 Å². The van der Waals surface area contributed by atoms with Crippen LogP contribution < -0.4 is 5.32 Å². The molecule has 0 aromatic heterocycles. The van der Waals surface area contributed by atoms with Gasteiger partial charge in [-0.05, 0) is 30.6 Å². The van der Waals surface area contributed by atoms with E-state index in [0.717, 1.165) is 0 Å². The van der Waals surface area contributed by atoms with E-state index in [-0.39, 0.29) is 20.6 Å². The molecule has 0 aliphatic carbocycles. The highest BCUT2D eigenvalue weighted by Crippen LogP contribution is 2.31. The number of halogens is 3. The Balaban J connectivity index is 2.95. The summed E-state index contributed by atoms with van der Waals surface area (Å²) in [5, 5.41) is 11.8. The van der Waals surface area contributed by atoms with E-state index in [4.69, 9.17) is 39.9 Å². The van der Waals surface area contributed by atoms with Crippen molar-refractivity contribution in [3.63, 3.8) is 0 Å². The highest BCUT2D eigenvalue weighted by atomic mass is 35.5. The Morgan fingerprint density at radius 3 is 2.45 bits per heavy atom. The van der Waals surface area contributed by atoms with Gasteiger partial charge in [0, 0.05) is 0 Å². The van der Waals surface area contributed by atoms with Crippen LogP contribution in [0.2, 0.25) is 15.1 Å². The molecule has 0 aliphatic heterocycles. The molecule has 4 nitrogen and oxygen atoms in total. The van der Waals surface area contributed by atoms with Gasteiger partial charge in [0.05, 0.1) is 20.6 Å². The highest BCUT2D eigenvalue weighted by Gasteiger charge is 2.23. The SMILES string of the molecule is CSCCC(NC(=O)c1c(Cl)ccc(Cl)c1Cl)C(=O)O. The van der Waals surface area contributed by atoms with Gasteiger partial charge in [-0.15, -0.1) is 0 Å². The number of nitrogens with one attached hydrogen (secondary N) is 1. The number of hydrogen-bond acceptors (Lipinski definition) is 3. The Morgan fingerprint density at radius 1 is 1.30 bits per heavy atom. The molecule has 2 N–H and O–H groups in total. The second-order valence-electron chi connectivity index (χ2n) is 3.86. The minimum atomic E-state index is -1.11. The van der Waals surface area contributed by atoms with Gasteiger partial charge < -0.3 is 10.4 Å². The molecular formula is C12H12Cl3NO3S. The number of hydrogen-bond donors (Lipinski definition) is 2. The molecule has 20 heavy (non-hydrogen) atoms. The van der Waals surface area contributed by atoms with Crippen LogP contribution in [0, 0.1) is 0 Å². The fourth-order valence-corrected chi connectivity index (χ4v) is 2.63. The summed E-state index contributed by atoms with van der Waals surface area (Å²) >= 11 is 19.2. The maximum Gasteiger partial charge on any atom is 0.326 e. The number of benzene rings is 1. The molecule has 0 saturated carbocycles. The molecular weight excluding hydrogens is 345 g/mol. The predicted molar refractivity (Wildman–Crippen MR) is 83.4 cm³/mol. The van der Waals surface area contributed by atoms with Crippen molar-refractivity contribution in [1.29, 1.82) is 0 Å². The molecule has 1 amide bonds. The average Bonchev–Trinajstić information content (AvgIpc) is 2.39. The van der Waals surface area contributed by atoms with Crippen molar-refractivity contribution in [3.05, 3.63) is 32.8 Å². The second-order valence-corrected chi connectivity index (χ2v) is 6.04. The van der Waals surface area contributed by atoms with Gasteiger partial charge in [0.25, 0.3) is 5.91 Å². The van der Waals surface area contributed by atoms with E-state index in [9.17, 15) is 9.59 Å². The molecule has 1 unspecified atom stereocenters. The van der Waals surface area contributed by atoms with E-state index < -0.39 is 17.9 Å². The van der Waals surface area contributed by atoms with Crippen LogP contribution in [0.1, 0.15) is 16.8 Å². The zero-order valence-electron chi connectivity index (χ0n) is 10.5. The van der Waals surface area contributed by atoms with Gasteiger partial charge in [-0.2, -0.15) is 11.8 Å². The van der Waals surface area contributed by atoms with E-state index >= 15 is 0 Å². The van der Waals surface area contributed by atoms with Crippen LogP contribution in [0.25, 0.3) is 0 Å². The predicted octanol–water partition coefficient (Wildman–Crippen LogP) is 3.58. The number of carboxylic acids is 1. The van der Waals surface area contributed by atoms with E-state index in [1.807, 2.05) is 6.26 Å². The standard InChI is InChI=1S/C12H12Cl3NO3S/c1-20-5-4-8(12(18)19)16-11(17)9-6(13)2-3-7(14)10(9)15/h2-3,8H,4-5H2,1H3,(H,16,17)(H,18,19).